The Morgan fingerprint density at radius 1 is 1.39 bits per heavy atom. The van der Waals surface area contributed by atoms with Gasteiger partial charge in [-0.25, -0.2) is 0 Å². The van der Waals surface area contributed by atoms with Crippen molar-refractivity contribution in [2.75, 3.05) is 6.61 Å². The van der Waals surface area contributed by atoms with E-state index in [0.29, 0.717) is 6.61 Å². The minimum absolute atomic E-state index is 0.331. The molecular formula is C16H17BrO. The molecule has 0 radical (unpaired) electrons. The summed E-state index contributed by atoms with van der Waals surface area (Å²) in [4.78, 5) is 0. The molecule has 0 N–H and O–H groups in total. The maximum atomic E-state index is 5.58. The highest BCUT2D eigenvalue weighted by Crippen LogP contribution is 2.20. The summed E-state index contributed by atoms with van der Waals surface area (Å²) in [5.41, 5.74) is 0.974. The Labute approximate surface area is 118 Å². The fraction of sp³-hybridized carbons (Fsp3) is 0.375. The Morgan fingerprint density at radius 3 is 2.89 bits per heavy atom. The lowest BCUT2D eigenvalue weighted by atomic mass is 10.1. The molecule has 1 rings (SSSR count). The first kappa shape index (κ1) is 14.8. The molecular weight excluding hydrogens is 288 g/mol. The van der Waals surface area contributed by atoms with Gasteiger partial charge in [-0.2, -0.15) is 0 Å². The van der Waals surface area contributed by atoms with Crippen molar-refractivity contribution < 1.29 is 4.74 Å². The van der Waals surface area contributed by atoms with Gasteiger partial charge in [-0.05, 0) is 24.1 Å². The van der Waals surface area contributed by atoms with Crippen LogP contribution in [0.15, 0.2) is 28.7 Å². The van der Waals surface area contributed by atoms with E-state index in [0.717, 1.165) is 22.9 Å². The monoisotopic (exact) mass is 304 g/mol. The second kappa shape index (κ2) is 8.81. The minimum atomic E-state index is -0.331. The van der Waals surface area contributed by atoms with Gasteiger partial charge in [0, 0.05) is 10.9 Å². The second-order valence-electron chi connectivity index (χ2n) is 3.87. The van der Waals surface area contributed by atoms with Crippen molar-refractivity contribution in [3.63, 3.8) is 0 Å². The average molecular weight is 305 g/mol. The maximum Gasteiger partial charge on any atom is 0.144 e. The van der Waals surface area contributed by atoms with Crippen LogP contribution in [0.4, 0.5) is 0 Å². The third-order valence-corrected chi connectivity index (χ3v) is 2.90. The van der Waals surface area contributed by atoms with Gasteiger partial charge in [0.15, 0.2) is 0 Å². The van der Waals surface area contributed by atoms with Crippen molar-refractivity contribution in [1.29, 1.82) is 0 Å². The Balaban J connectivity index is 2.48. The number of benzene rings is 1. The summed E-state index contributed by atoms with van der Waals surface area (Å²) in [7, 11) is 0. The summed E-state index contributed by atoms with van der Waals surface area (Å²) in [6, 6.07) is 7.83. The number of ether oxygens (including phenoxy) is 1. The Bertz CT molecular complexity index is 462. The minimum Gasteiger partial charge on any atom is -0.348 e. The van der Waals surface area contributed by atoms with Crippen molar-refractivity contribution in [2.24, 2.45) is 0 Å². The lowest BCUT2D eigenvalue weighted by Gasteiger charge is -2.10. The van der Waals surface area contributed by atoms with Crippen molar-refractivity contribution in [1.82, 2.24) is 0 Å². The van der Waals surface area contributed by atoms with E-state index in [4.69, 9.17) is 11.2 Å². The first-order valence-electron chi connectivity index (χ1n) is 6.06. The lowest BCUT2D eigenvalue weighted by molar-refractivity contribution is 0.121. The summed E-state index contributed by atoms with van der Waals surface area (Å²) in [5, 5.41) is 0. The van der Waals surface area contributed by atoms with Crippen LogP contribution < -0.4 is 0 Å². The Kier molecular flexibility index (Phi) is 7.26. The summed E-state index contributed by atoms with van der Waals surface area (Å²) in [6.45, 7) is 2.53. The molecule has 0 fully saturated rings. The van der Waals surface area contributed by atoms with Gasteiger partial charge >= 0.3 is 0 Å². The number of unbranched alkanes of at least 4 members (excludes halogenated alkanes) is 2. The molecule has 0 aliphatic carbocycles. The van der Waals surface area contributed by atoms with Crippen LogP contribution in [0, 0.1) is 24.2 Å². The molecule has 1 aromatic rings. The molecule has 0 amide bonds. The van der Waals surface area contributed by atoms with Crippen LogP contribution >= 0.6 is 15.9 Å². The van der Waals surface area contributed by atoms with Gasteiger partial charge in [0.2, 0.25) is 0 Å². The van der Waals surface area contributed by atoms with Crippen LogP contribution in [0.1, 0.15) is 37.9 Å². The number of hydrogen-bond acceptors (Lipinski definition) is 1. The van der Waals surface area contributed by atoms with Crippen LogP contribution in [0.3, 0.4) is 0 Å². The highest BCUT2D eigenvalue weighted by atomic mass is 79.9. The average Bonchev–Trinajstić information content (AvgIpc) is 2.38. The van der Waals surface area contributed by atoms with Crippen LogP contribution in [0.2, 0.25) is 0 Å². The predicted octanol–water partition coefficient (Wildman–Crippen LogP) is 4.33. The van der Waals surface area contributed by atoms with E-state index >= 15 is 0 Å². The van der Waals surface area contributed by atoms with E-state index in [1.54, 1.807) is 0 Å². The van der Waals surface area contributed by atoms with Crippen molar-refractivity contribution in [3.05, 3.63) is 34.3 Å². The summed E-state index contributed by atoms with van der Waals surface area (Å²) in [5.74, 6) is 8.70. The number of hydrogen-bond donors (Lipinski definition) is 0. The van der Waals surface area contributed by atoms with Crippen LogP contribution in [0.5, 0.6) is 0 Å². The molecule has 0 heterocycles. The molecule has 1 aromatic carbocycles. The highest BCUT2D eigenvalue weighted by Gasteiger charge is 2.07. The van der Waals surface area contributed by atoms with Crippen LogP contribution in [0.25, 0.3) is 0 Å². The standard InChI is InChI=1S/C16H17BrO/c1-3-5-6-7-8-12-18-16(4-2)14-10-9-11-15(17)13-14/h2,9-11,13,16H,3,5-6,12H2,1H3. The van der Waals surface area contributed by atoms with E-state index in [9.17, 15) is 0 Å². The van der Waals surface area contributed by atoms with Crippen molar-refractivity contribution in [2.45, 2.75) is 32.3 Å². The maximum absolute atomic E-state index is 5.58. The smallest absolute Gasteiger partial charge is 0.144 e. The van der Waals surface area contributed by atoms with E-state index in [2.05, 4.69) is 40.6 Å². The lowest BCUT2D eigenvalue weighted by Crippen LogP contribution is -2.02. The zero-order valence-corrected chi connectivity index (χ0v) is 12.2. The molecule has 0 bridgehead atoms. The van der Waals surface area contributed by atoms with Gasteiger partial charge in [-0.1, -0.05) is 53.2 Å². The Hall–Kier alpha value is -1.22. The van der Waals surface area contributed by atoms with Gasteiger partial charge in [-0.15, -0.1) is 12.3 Å². The first-order valence-corrected chi connectivity index (χ1v) is 6.86. The zero-order valence-electron chi connectivity index (χ0n) is 10.6. The normalized spacial score (nSPS) is 11.2. The summed E-state index contributed by atoms with van der Waals surface area (Å²) >= 11 is 3.42. The third-order valence-electron chi connectivity index (χ3n) is 2.41. The predicted molar refractivity (Wildman–Crippen MR) is 79.0 cm³/mol. The van der Waals surface area contributed by atoms with Gasteiger partial charge < -0.3 is 4.74 Å². The molecule has 94 valence electrons. The summed E-state index contributed by atoms with van der Waals surface area (Å²) in [6.07, 6.45) is 8.38. The molecule has 0 saturated heterocycles. The van der Waals surface area contributed by atoms with E-state index in [-0.39, 0.29) is 6.10 Å². The quantitative estimate of drug-likeness (QED) is 0.581. The molecule has 0 saturated carbocycles. The largest absolute Gasteiger partial charge is 0.348 e. The molecule has 0 aliphatic rings. The van der Waals surface area contributed by atoms with Crippen molar-refractivity contribution >= 4 is 15.9 Å². The molecule has 2 heteroatoms. The van der Waals surface area contributed by atoms with Gasteiger partial charge in [0.1, 0.15) is 12.7 Å². The molecule has 0 spiro atoms. The molecule has 1 unspecified atom stereocenters. The molecule has 18 heavy (non-hydrogen) atoms. The second-order valence-corrected chi connectivity index (χ2v) is 4.79. The van der Waals surface area contributed by atoms with Crippen molar-refractivity contribution in [3.8, 4) is 24.2 Å². The summed E-state index contributed by atoms with van der Waals surface area (Å²) < 4.78 is 6.58. The fourth-order valence-corrected chi connectivity index (χ4v) is 1.86. The molecule has 1 atom stereocenters. The number of halogens is 1. The fourth-order valence-electron chi connectivity index (χ4n) is 1.44. The molecule has 1 nitrogen and oxygen atoms in total. The van der Waals surface area contributed by atoms with E-state index in [1.165, 1.54) is 6.42 Å². The molecule has 0 aliphatic heterocycles. The van der Waals surface area contributed by atoms with E-state index in [1.807, 2.05) is 24.3 Å². The van der Waals surface area contributed by atoms with Crippen LogP contribution in [-0.4, -0.2) is 6.61 Å². The van der Waals surface area contributed by atoms with E-state index < -0.39 is 0 Å². The van der Waals surface area contributed by atoms with Crippen LogP contribution in [-0.2, 0) is 4.74 Å². The molecule has 0 aromatic heterocycles. The first-order chi connectivity index (χ1) is 8.77. The SMILES string of the molecule is C#CC(OCC#CCCCC)c1cccc(Br)c1. The third kappa shape index (κ3) is 5.41. The van der Waals surface area contributed by atoms with Gasteiger partial charge in [0.25, 0.3) is 0 Å². The van der Waals surface area contributed by atoms with Gasteiger partial charge in [0.05, 0.1) is 0 Å². The topological polar surface area (TPSA) is 9.23 Å². The number of terminal acetylenes is 1. The Morgan fingerprint density at radius 2 is 2.22 bits per heavy atom. The number of rotatable bonds is 5. The zero-order chi connectivity index (χ0) is 13.2. The van der Waals surface area contributed by atoms with Gasteiger partial charge in [-0.3, -0.25) is 0 Å². The highest BCUT2D eigenvalue weighted by molar-refractivity contribution is 9.10.